The monoisotopic (exact) mass is 397 g/mol. The van der Waals surface area contributed by atoms with Gasteiger partial charge in [0.15, 0.2) is 0 Å². The molecule has 1 rings (SSSR count). The number of rotatable bonds is 10. The van der Waals surface area contributed by atoms with Crippen LogP contribution in [0.3, 0.4) is 0 Å². The Kier molecular flexibility index (Phi) is 8.46. The van der Waals surface area contributed by atoms with Crippen molar-refractivity contribution >= 4 is 17.0 Å². The van der Waals surface area contributed by atoms with Gasteiger partial charge in [0, 0.05) is 25.5 Å². The van der Waals surface area contributed by atoms with Gasteiger partial charge >= 0.3 is 5.97 Å². The van der Waals surface area contributed by atoms with Gasteiger partial charge in [0.25, 0.3) is 0 Å². The number of aliphatic carboxylic acids is 1. The van der Waals surface area contributed by atoms with Crippen LogP contribution >= 0.6 is 0 Å². The van der Waals surface area contributed by atoms with Gasteiger partial charge in [-0.1, -0.05) is 25.1 Å². The highest BCUT2D eigenvalue weighted by Gasteiger charge is 2.39. The van der Waals surface area contributed by atoms with Crippen molar-refractivity contribution in [3.63, 3.8) is 0 Å². The van der Waals surface area contributed by atoms with Gasteiger partial charge in [0.1, 0.15) is 0 Å². The van der Waals surface area contributed by atoms with Crippen LogP contribution in [0.5, 0.6) is 0 Å². The number of hydrogen-bond acceptors (Lipinski definition) is 5. The Morgan fingerprint density at radius 1 is 1.44 bits per heavy atom. The van der Waals surface area contributed by atoms with E-state index in [0.29, 0.717) is 18.8 Å². The third-order valence-electron chi connectivity index (χ3n) is 4.58. The molecule has 0 aromatic heterocycles. The van der Waals surface area contributed by atoms with Crippen molar-refractivity contribution in [2.75, 3.05) is 19.4 Å². The van der Waals surface area contributed by atoms with Crippen LogP contribution in [-0.4, -0.2) is 39.0 Å². The Hall–Kier alpha value is -1.90. The van der Waals surface area contributed by atoms with Crippen LogP contribution in [0.1, 0.15) is 43.6 Å². The highest BCUT2D eigenvalue weighted by atomic mass is 32.2. The molecule has 0 spiro atoms. The van der Waals surface area contributed by atoms with Gasteiger partial charge in [0.05, 0.1) is 34.8 Å². The summed E-state index contributed by atoms with van der Waals surface area (Å²) >= 11 is 0. The van der Waals surface area contributed by atoms with E-state index in [0.717, 1.165) is 16.7 Å². The van der Waals surface area contributed by atoms with Crippen LogP contribution in [0.2, 0.25) is 0 Å². The molecule has 2 unspecified atom stereocenters. The van der Waals surface area contributed by atoms with E-state index in [4.69, 9.17) is 16.2 Å². The first-order valence-electron chi connectivity index (χ1n) is 8.73. The maximum Gasteiger partial charge on any atom is 0.312 e. The van der Waals surface area contributed by atoms with Gasteiger partial charge in [-0.05, 0) is 37.5 Å². The normalized spacial score (nSPS) is 15.0. The second-order valence-corrected chi connectivity index (χ2v) is 8.39. The van der Waals surface area contributed by atoms with Crippen molar-refractivity contribution < 1.29 is 18.8 Å². The average Bonchev–Trinajstić information content (AvgIpc) is 2.60. The molecule has 0 heterocycles. The molecule has 0 fully saturated rings. The molecule has 5 N–H and O–H groups in total. The fourth-order valence-electron chi connectivity index (χ4n) is 2.66. The standard InChI is InChI=1S/C19H31N3O4S/c1-6-22(27(5)25)11-15-9-14(8-7-13(15)2)17(19(3,4)18(23)24)26-12-16(21)10-20/h7-10,17H,6,11-12,20-21H2,1-5H3,(H,23,24)/b16-10-. The quantitative estimate of drug-likeness (QED) is 0.556. The Morgan fingerprint density at radius 2 is 2.07 bits per heavy atom. The molecule has 152 valence electrons. The first-order chi connectivity index (χ1) is 12.5. The minimum atomic E-state index is -1.18. The van der Waals surface area contributed by atoms with Crippen molar-refractivity contribution in [2.24, 2.45) is 16.9 Å². The van der Waals surface area contributed by atoms with E-state index < -0.39 is 28.5 Å². The number of nitrogens with zero attached hydrogens (tertiary/aromatic N) is 1. The van der Waals surface area contributed by atoms with Crippen LogP contribution in [0.15, 0.2) is 30.1 Å². The first kappa shape index (κ1) is 23.1. The van der Waals surface area contributed by atoms with Crippen LogP contribution in [0, 0.1) is 12.3 Å². The molecule has 0 saturated carbocycles. The summed E-state index contributed by atoms with van der Waals surface area (Å²) in [5.41, 5.74) is 13.0. The zero-order chi connectivity index (χ0) is 20.8. The number of nitrogens with two attached hydrogens (primary N) is 2. The Bertz CT molecular complexity index is 719. The minimum absolute atomic E-state index is 0.0289. The maximum atomic E-state index is 11.9. The maximum absolute atomic E-state index is 11.9. The van der Waals surface area contributed by atoms with E-state index in [1.54, 1.807) is 20.1 Å². The van der Waals surface area contributed by atoms with E-state index >= 15 is 0 Å². The third-order valence-corrected chi connectivity index (χ3v) is 5.69. The number of carboxylic acid groups (broad SMARTS) is 1. The van der Waals surface area contributed by atoms with Crippen LogP contribution < -0.4 is 11.5 Å². The van der Waals surface area contributed by atoms with Crippen LogP contribution in [0.4, 0.5) is 0 Å². The second-order valence-electron chi connectivity index (χ2n) is 7.03. The summed E-state index contributed by atoms with van der Waals surface area (Å²) in [4.78, 5) is 11.8. The summed E-state index contributed by atoms with van der Waals surface area (Å²) in [7, 11) is -1.09. The van der Waals surface area contributed by atoms with E-state index in [9.17, 15) is 14.1 Å². The smallest absolute Gasteiger partial charge is 0.312 e. The van der Waals surface area contributed by atoms with Crippen molar-refractivity contribution in [3.05, 3.63) is 46.8 Å². The van der Waals surface area contributed by atoms with E-state index in [2.05, 4.69) is 0 Å². The minimum Gasteiger partial charge on any atom is -0.481 e. The topological polar surface area (TPSA) is 119 Å². The summed E-state index contributed by atoms with van der Waals surface area (Å²) in [5.74, 6) is -0.977. The van der Waals surface area contributed by atoms with E-state index in [1.165, 1.54) is 6.20 Å². The Balaban J connectivity index is 3.30. The molecule has 0 radical (unpaired) electrons. The van der Waals surface area contributed by atoms with Crippen molar-refractivity contribution in [1.82, 2.24) is 4.31 Å². The lowest BCUT2D eigenvalue weighted by Gasteiger charge is -2.31. The fraction of sp³-hybridized carbons (Fsp3) is 0.526. The molecule has 0 aliphatic carbocycles. The Morgan fingerprint density at radius 3 is 2.56 bits per heavy atom. The van der Waals surface area contributed by atoms with Crippen molar-refractivity contribution in [2.45, 2.75) is 40.3 Å². The molecule has 0 amide bonds. The molecule has 1 aromatic carbocycles. The number of ether oxygens (including phenoxy) is 1. The predicted octanol–water partition coefficient (Wildman–Crippen LogP) is 2.04. The van der Waals surface area contributed by atoms with Crippen LogP contribution in [-0.2, 0) is 27.1 Å². The highest BCUT2D eigenvalue weighted by Crippen LogP contribution is 2.38. The number of aryl methyl sites for hydroxylation is 1. The molecule has 0 bridgehead atoms. The molecular formula is C19H31N3O4S. The van der Waals surface area contributed by atoms with Crippen molar-refractivity contribution in [1.29, 1.82) is 0 Å². The summed E-state index contributed by atoms with van der Waals surface area (Å²) in [6.45, 7) is 8.32. The summed E-state index contributed by atoms with van der Waals surface area (Å²) in [6, 6.07) is 5.70. The van der Waals surface area contributed by atoms with Crippen molar-refractivity contribution in [3.8, 4) is 0 Å². The lowest BCUT2D eigenvalue weighted by atomic mass is 9.81. The molecule has 2 atom stereocenters. The van der Waals surface area contributed by atoms with Crippen LogP contribution in [0.25, 0.3) is 0 Å². The molecule has 0 aliphatic heterocycles. The predicted molar refractivity (Wildman–Crippen MR) is 108 cm³/mol. The average molecular weight is 398 g/mol. The highest BCUT2D eigenvalue weighted by molar-refractivity contribution is 7.81. The molecule has 8 heteroatoms. The van der Waals surface area contributed by atoms with Gasteiger partial charge in [0.2, 0.25) is 0 Å². The summed E-state index contributed by atoms with van der Waals surface area (Å²) < 4.78 is 19.6. The number of carbonyl (C=O) groups is 1. The zero-order valence-corrected chi connectivity index (χ0v) is 17.5. The van der Waals surface area contributed by atoms with Gasteiger partial charge in [-0.15, -0.1) is 0 Å². The second kappa shape index (κ2) is 9.87. The molecule has 0 saturated heterocycles. The molecular weight excluding hydrogens is 366 g/mol. The number of carboxylic acids is 1. The molecule has 7 nitrogen and oxygen atoms in total. The van der Waals surface area contributed by atoms with E-state index in [-0.39, 0.29) is 6.61 Å². The summed E-state index contributed by atoms with van der Waals surface area (Å²) in [6.07, 6.45) is 2.15. The lowest BCUT2D eigenvalue weighted by molar-refractivity contribution is -0.156. The van der Waals surface area contributed by atoms with Gasteiger partial charge in [-0.2, -0.15) is 0 Å². The van der Waals surface area contributed by atoms with Gasteiger partial charge in [-0.25, -0.2) is 8.51 Å². The number of benzene rings is 1. The van der Waals surface area contributed by atoms with E-state index in [1.807, 2.05) is 36.4 Å². The SMILES string of the molecule is CCN(Cc1cc(C(OC/C(N)=C/N)C(C)(C)C(=O)O)ccc1C)S(C)=O. The third kappa shape index (κ3) is 6.05. The zero-order valence-electron chi connectivity index (χ0n) is 16.7. The largest absolute Gasteiger partial charge is 0.481 e. The molecule has 0 aliphatic rings. The molecule has 1 aromatic rings. The van der Waals surface area contributed by atoms with Gasteiger partial charge in [-0.3, -0.25) is 4.79 Å². The number of hydrogen-bond donors (Lipinski definition) is 3. The summed E-state index contributed by atoms with van der Waals surface area (Å²) in [5, 5.41) is 9.68. The van der Waals surface area contributed by atoms with Gasteiger partial charge < -0.3 is 21.3 Å². The first-order valence-corrected chi connectivity index (χ1v) is 10.2. The molecule has 27 heavy (non-hydrogen) atoms. The fourth-order valence-corrected chi connectivity index (χ4v) is 3.34. The lowest BCUT2D eigenvalue weighted by Crippen LogP contribution is -2.34. The Labute approximate surface area is 164 Å².